The van der Waals surface area contributed by atoms with Crippen molar-refractivity contribution in [2.45, 2.75) is 13.1 Å². The molecule has 130 valence electrons. The highest BCUT2D eigenvalue weighted by Crippen LogP contribution is 2.27. The van der Waals surface area contributed by atoms with E-state index in [0.29, 0.717) is 0 Å². The Balaban J connectivity index is 1.68. The van der Waals surface area contributed by atoms with Crippen LogP contribution in [-0.4, -0.2) is 31.2 Å². The van der Waals surface area contributed by atoms with Gasteiger partial charge in [0.15, 0.2) is 0 Å². The van der Waals surface area contributed by atoms with Gasteiger partial charge in [0.05, 0.1) is 19.9 Å². The molecule has 0 atom stereocenters. The Morgan fingerprint density at radius 1 is 1.00 bits per heavy atom. The van der Waals surface area contributed by atoms with Crippen molar-refractivity contribution in [1.29, 1.82) is 0 Å². The Kier molecular flexibility index (Phi) is 5.68. The van der Waals surface area contributed by atoms with Crippen LogP contribution >= 0.6 is 11.3 Å². The molecule has 0 fully saturated rings. The molecule has 3 aromatic rings. The Morgan fingerprint density at radius 2 is 1.84 bits per heavy atom. The molecule has 0 radical (unpaired) electrons. The fourth-order valence-electron chi connectivity index (χ4n) is 2.73. The molecule has 0 aliphatic rings. The van der Waals surface area contributed by atoms with Crippen molar-refractivity contribution in [1.82, 2.24) is 9.88 Å². The topological polar surface area (TPSA) is 34.6 Å². The van der Waals surface area contributed by atoms with Crippen LogP contribution in [0.2, 0.25) is 0 Å². The first-order valence-corrected chi connectivity index (χ1v) is 8.97. The average molecular weight is 354 g/mol. The van der Waals surface area contributed by atoms with Gasteiger partial charge < -0.3 is 9.47 Å². The van der Waals surface area contributed by atoms with Crippen LogP contribution in [0.1, 0.15) is 11.3 Å². The lowest BCUT2D eigenvalue weighted by atomic mass is 10.2. The van der Waals surface area contributed by atoms with Crippen LogP contribution in [-0.2, 0) is 13.1 Å². The number of rotatable bonds is 7. The van der Waals surface area contributed by atoms with Gasteiger partial charge in [-0.15, -0.1) is 11.3 Å². The van der Waals surface area contributed by atoms with Crippen molar-refractivity contribution in [2.24, 2.45) is 0 Å². The summed E-state index contributed by atoms with van der Waals surface area (Å²) in [7, 11) is 5.48. The summed E-state index contributed by atoms with van der Waals surface area (Å²) < 4.78 is 10.7. The monoisotopic (exact) mass is 354 g/mol. The highest BCUT2D eigenvalue weighted by Gasteiger charge is 2.10. The molecular weight excluding hydrogens is 332 g/mol. The molecule has 0 saturated heterocycles. The zero-order valence-electron chi connectivity index (χ0n) is 14.7. The molecule has 0 N–H and O–H groups in total. The molecular formula is C20H22N2O2S. The highest BCUT2D eigenvalue weighted by atomic mass is 32.1. The van der Waals surface area contributed by atoms with Crippen LogP contribution in [0.4, 0.5) is 0 Å². The van der Waals surface area contributed by atoms with Crippen LogP contribution in [0.15, 0.2) is 53.9 Å². The summed E-state index contributed by atoms with van der Waals surface area (Å²) in [6.07, 6.45) is 0. The molecule has 1 heterocycles. The summed E-state index contributed by atoms with van der Waals surface area (Å²) in [5.41, 5.74) is 3.33. The number of ether oxygens (including phenoxy) is 2. The van der Waals surface area contributed by atoms with Gasteiger partial charge in [-0.05, 0) is 25.2 Å². The number of hydrogen-bond donors (Lipinski definition) is 0. The van der Waals surface area contributed by atoms with E-state index < -0.39 is 0 Å². The molecule has 2 aromatic carbocycles. The first-order valence-electron chi connectivity index (χ1n) is 8.09. The molecule has 0 spiro atoms. The second-order valence-corrected chi connectivity index (χ2v) is 6.72. The molecule has 0 unspecified atom stereocenters. The lowest BCUT2D eigenvalue weighted by molar-refractivity contribution is 0.307. The van der Waals surface area contributed by atoms with Crippen molar-refractivity contribution in [3.8, 4) is 22.1 Å². The zero-order chi connectivity index (χ0) is 17.6. The van der Waals surface area contributed by atoms with Crippen molar-refractivity contribution in [2.75, 3.05) is 21.3 Å². The first-order chi connectivity index (χ1) is 12.2. The lowest BCUT2D eigenvalue weighted by Crippen LogP contribution is -2.17. The molecule has 0 aliphatic carbocycles. The van der Waals surface area contributed by atoms with E-state index in [0.717, 1.165) is 40.9 Å². The van der Waals surface area contributed by atoms with Crippen LogP contribution in [0.5, 0.6) is 11.5 Å². The fourth-order valence-corrected chi connectivity index (χ4v) is 3.53. The zero-order valence-corrected chi connectivity index (χ0v) is 15.5. The number of para-hydroxylation sites is 1. The molecule has 0 bridgehead atoms. The number of methoxy groups -OCH3 is 2. The maximum absolute atomic E-state index is 5.43. The SMILES string of the molecule is COc1cccc(-c2nc(CN(C)Cc3ccccc3OC)cs2)c1. The maximum atomic E-state index is 5.43. The van der Waals surface area contributed by atoms with Gasteiger partial charge in [0, 0.05) is 29.6 Å². The van der Waals surface area contributed by atoms with Crippen LogP contribution in [0.25, 0.3) is 10.6 Å². The second kappa shape index (κ2) is 8.14. The number of hydrogen-bond acceptors (Lipinski definition) is 5. The molecule has 0 aliphatic heterocycles. The Hall–Kier alpha value is -2.37. The maximum Gasteiger partial charge on any atom is 0.123 e. The van der Waals surface area contributed by atoms with E-state index in [9.17, 15) is 0 Å². The summed E-state index contributed by atoms with van der Waals surface area (Å²) in [4.78, 5) is 7.01. The second-order valence-electron chi connectivity index (χ2n) is 5.86. The van der Waals surface area contributed by atoms with Crippen molar-refractivity contribution < 1.29 is 9.47 Å². The van der Waals surface area contributed by atoms with Gasteiger partial charge in [0.25, 0.3) is 0 Å². The van der Waals surface area contributed by atoms with Gasteiger partial charge >= 0.3 is 0 Å². The molecule has 0 saturated carbocycles. The third-order valence-corrected chi connectivity index (χ3v) is 4.87. The van der Waals surface area contributed by atoms with E-state index in [4.69, 9.17) is 14.5 Å². The quantitative estimate of drug-likeness (QED) is 0.627. The number of thiazole rings is 1. The van der Waals surface area contributed by atoms with Crippen LogP contribution in [0.3, 0.4) is 0 Å². The molecule has 0 amide bonds. The van der Waals surface area contributed by atoms with Crippen molar-refractivity contribution in [3.05, 3.63) is 65.2 Å². The van der Waals surface area contributed by atoms with E-state index in [2.05, 4.69) is 29.5 Å². The summed E-state index contributed by atoms with van der Waals surface area (Å²) in [6, 6.07) is 16.1. The first kappa shape index (κ1) is 17.5. The van der Waals surface area contributed by atoms with Gasteiger partial charge in [0.2, 0.25) is 0 Å². The fraction of sp³-hybridized carbons (Fsp3) is 0.250. The Morgan fingerprint density at radius 3 is 2.64 bits per heavy atom. The molecule has 3 rings (SSSR count). The minimum absolute atomic E-state index is 0.790. The third-order valence-electron chi connectivity index (χ3n) is 3.93. The summed E-state index contributed by atoms with van der Waals surface area (Å²) in [5, 5.41) is 3.13. The largest absolute Gasteiger partial charge is 0.497 e. The molecule has 25 heavy (non-hydrogen) atoms. The summed E-state index contributed by atoms with van der Waals surface area (Å²) >= 11 is 1.66. The van der Waals surface area contributed by atoms with Gasteiger partial charge in [-0.3, -0.25) is 4.90 Å². The molecule has 5 heteroatoms. The summed E-state index contributed by atoms with van der Waals surface area (Å²) in [5.74, 6) is 1.77. The smallest absolute Gasteiger partial charge is 0.123 e. The minimum Gasteiger partial charge on any atom is -0.497 e. The van der Waals surface area contributed by atoms with E-state index >= 15 is 0 Å². The number of nitrogens with zero attached hydrogens (tertiary/aromatic N) is 2. The molecule has 4 nitrogen and oxygen atoms in total. The minimum atomic E-state index is 0.790. The average Bonchev–Trinajstić information content (AvgIpc) is 3.10. The Bertz CT molecular complexity index is 832. The predicted octanol–water partition coefficient (Wildman–Crippen LogP) is 4.46. The van der Waals surface area contributed by atoms with E-state index in [1.165, 1.54) is 5.56 Å². The van der Waals surface area contributed by atoms with Gasteiger partial charge in [-0.2, -0.15) is 0 Å². The van der Waals surface area contributed by atoms with E-state index in [-0.39, 0.29) is 0 Å². The number of aromatic nitrogens is 1. The standard InChI is InChI=1S/C20H22N2O2S/c1-22(12-16-7-4-5-10-19(16)24-3)13-17-14-25-20(21-17)15-8-6-9-18(11-15)23-2/h4-11,14H,12-13H2,1-3H3. The van der Waals surface area contributed by atoms with Crippen molar-refractivity contribution in [3.63, 3.8) is 0 Å². The lowest BCUT2D eigenvalue weighted by Gasteiger charge is -2.17. The summed E-state index contributed by atoms with van der Waals surface area (Å²) in [6.45, 7) is 1.61. The van der Waals surface area contributed by atoms with Crippen molar-refractivity contribution >= 4 is 11.3 Å². The highest BCUT2D eigenvalue weighted by molar-refractivity contribution is 7.13. The van der Waals surface area contributed by atoms with Gasteiger partial charge in [0.1, 0.15) is 16.5 Å². The Labute approximate surface area is 152 Å². The van der Waals surface area contributed by atoms with E-state index in [1.807, 2.05) is 36.4 Å². The van der Waals surface area contributed by atoms with Crippen LogP contribution in [0, 0.1) is 0 Å². The third kappa shape index (κ3) is 4.38. The van der Waals surface area contributed by atoms with Crippen LogP contribution < -0.4 is 9.47 Å². The predicted molar refractivity (Wildman–Crippen MR) is 102 cm³/mol. The normalized spacial score (nSPS) is 10.9. The number of benzene rings is 2. The van der Waals surface area contributed by atoms with Gasteiger partial charge in [-0.25, -0.2) is 4.98 Å². The van der Waals surface area contributed by atoms with Gasteiger partial charge in [-0.1, -0.05) is 30.3 Å². The molecule has 1 aromatic heterocycles. The van der Waals surface area contributed by atoms with E-state index in [1.54, 1.807) is 25.6 Å².